The van der Waals surface area contributed by atoms with Gasteiger partial charge in [-0.3, -0.25) is 4.90 Å². The molecule has 128 valence electrons. The highest BCUT2D eigenvalue weighted by Gasteiger charge is 2.48. The van der Waals surface area contributed by atoms with Gasteiger partial charge in [-0.15, -0.1) is 6.58 Å². The zero-order valence-electron chi connectivity index (χ0n) is 13.6. The number of likely N-dealkylation sites (tertiary alicyclic amines) is 1. The maximum atomic E-state index is 12.4. The van der Waals surface area contributed by atoms with Crippen LogP contribution in [0.1, 0.15) is 12.0 Å². The third kappa shape index (κ3) is 3.82. The van der Waals surface area contributed by atoms with E-state index in [4.69, 9.17) is 9.47 Å². The second kappa shape index (κ2) is 8.29. The number of hydrogen-bond donors (Lipinski definition) is 0. The second-order valence-corrected chi connectivity index (χ2v) is 5.65. The normalized spacial score (nSPS) is 22.7. The Hall–Kier alpha value is -2.63. The molecule has 2 rings (SSSR count). The molecule has 1 aliphatic rings. The van der Waals surface area contributed by atoms with E-state index in [2.05, 4.69) is 6.58 Å². The fourth-order valence-electron chi connectivity index (χ4n) is 2.99. The van der Waals surface area contributed by atoms with E-state index in [9.17, 15) is 14.4 Å². The molecule has 6 nitrogen and oxygen atoms in total. The number of esters is 1. The van der Waals surface area contributed by atoms with E-state index in [1.807, 2.05) is 30.3 Å². The number of nitrogens with zero attached hydrogens (tertiary/aromatic N) is 1. The molecule has 0 aromatic heterocycles. The Morgan fingerprint density at radius 1 is 1.33 bits per heavy atom. The number of amides is 1. The van der Waals surface area contributed by atoms with E-state index in [1.165, 1.54) is 12.0 Å². The van der Waals surface area contributed by atoms with Crippen LogP contribution >= 0.6 is 0 Å². The molecule has 0 bridgehead atoms. The quantitative estimate of drug-likeness (QED) is 0.454. The van der Waals surface area contributed by atoms with E-state index in [-0.39, 0.29) is 19.1 Å². The monoisotopic (exact) mass is 331 g/mol. The summed E-state index contributed by atoms with van der Waals surface area (Å²) in [6.45, 7) is 3.89. The number of methoxy groups -OCH3 is 1. The molecular weight excluding hydrogens is 310 g/mol. The minimum Gasteiger partial charge on any atom is -0.467 e. The Balaban J connectivity index is 2.13. The average molecular weight is 331 g/mol. The van der Waals surface area contributed by atoms with Crippen LogP contribution in [0.5, 0.6) is 0 Å². The van der Waals surface area contributed by atoms with Gasteiger partial charge >= 0.3 is 12.1 Å². The number of hydrogen-bond acceptors (Lipinski definition) is 5. The Morgan fingerprint density at radius 3 is 2.62 bits per heavy atom. The molecule has 24 heavy (non-hydrogen) atoms. The van der Waals surface area contributed by atoms with Crippen molar-refractivity contribution in [1.82, 2.24) is 4.90 Å². The molecule has 1 unspecified atom stereocenters. The molecule has 0 N–H and O–H groups in total. The van der Waals surface area contributed by atoms with Crippen molar-refractivity contribution >= 4 is 18.3 Å². The topological polar surface area (TPSA) is 72.9 Å². The summed E-state index contributed by atoms with van der Waals surface area (Å²) in [7, 11) is 1.26. The number of rotatable bonds is 6. The van der Waals surface area contributed by atoms with Crippen molar-refractivity contribution in [2.24, 2.45) is 11.8 Å². The lowest BCUT2D eigenvalue weighted by atomic mass is 9.88. The fraction of sp³-hybridized carbons (Fsp3) is 0.389. The minimum absolute atomic E-state index is 0.0992. The third-order valence-electron chi connectivity index (χ3n) is 4.19. The predicted molar refractivity (Wildman–Crippen MR) is 87.0 cm³/mol. The second-order valence-electron chi connectivity index (χ2n) is 5.65. The van der Waals surface area contributed by atoms with E-state index in [0.717, 1.165) is 11.8 Å². The highest BCUT2D eigenvalue weighted by Crippen LogP contribution is 2.33. The Kier molecular flexibility index (Phi) is 6.12. The number of aldehydes is 1. The van der Waals surface area contributed by atoms with Gasteiger partial charge in [0.05, 0.1) is 7.11 Å². The molecule has 0 spiro atoms. The zero-order chi connectivity index (χ0) is 17.5. The van der Waals surface area contributed by atoms with Gasteiger partial charge < -0.3 is 14.3 Å². The summed E-state index contributed by atoms with van der Waals surface area (Å²) in [6.07, 6.45) is 2.21. The van der Waals surface area contributed by atoms with Gasteiger partial charge in [-0.2, -0.15) is 0 Å². The number of allylic oxidation sites excluding steroid dienone is 1. The first-order valence-corrected chi connectivity index (χ1v) is 7.73. The highest BCUT2D eigenvalue weighted by atomic mass is 16.6. The molecular formula is C18H21NO5. The van der Waals surface area contributed by atoms with Crippen LogP contribution in [-0.2, 0) is 25.7 Å². The summed E-state index contributed by atoms with van der Waals surface area (Å²) in [5, 5.41) is 0. The van der Waals surface area contributed by atoms with E-state index in [1.54, 1.807) is 6.08 Å². The molecule has 3 atom stereocenters. The van der Waals surface area contributed by atoms with E-state index in [0.29, 0.717) is 6.42 Å². The van der Waals surface area contributed by atoms with Crippen molar-refractivity contribution < 1.29 is 23.9 Å². The van der Waals surface area contributed by atoms with Gasteiger partial charge in [-0.1, -0.05) is 36.4 Å². The van der Waals surface area contributed by atoms with Gasteiger partial charge in [0, 0.05) is 18.4 Å². The molecule has 1 aromatic carbocycles. The Bertz CT molecular complexity index is 601. The van der Waals surface area contributed by atoms with Crippen molar-refractivity contribution in [2.45, 2.75) is 19.1 Å². The zero-order valence-corrected chi connectivity index (χ0v) is 13.6. The first kappa shape index (κ1) is 17.7. The van der Waals surface area contributed by atoms with Gasteiger partial charge in [0.2, 0.25) is 0 Å². The summed E-state index contributed by atoms with van der Waals surface area (Å²) in [5.41, 5.74) is 0.842. The van der Waals surface area contributed by atoms with E-state index < -0.39 is 24.0 Å². The SMILES string of the molecule is C=CC[C@@H]1C(C=O)CN(C(=O)OCc2ccccc2)[C@@H]1C(=O)OC. The van der Waals surface area contributed by atoms with Crippen LogP contribution in [0.4, 0.5) is 4.79 Å². The highest BCUT2D eigenvalue weighted by molar-refractivity contribution is 5.83. The number of carbonyl (C=O) groups excluding carboxylic acids is 3. The number of benzene rings is 1. The van der Waals surface area contributed by atoms with Crippen LogP contribution in [0.2, 0.25) is 0 Å². The van der Waals surface area contributed by atoms with Gasteiger partial charge in [-0.05, 0) is 12.0 Å². The average Bonchev–Trinajstić information content (AvgIpc) is 2.98. The van der Waals surface area contributed by atoms with Gasteiger partial charge in [0.1, 0.15) is 18.9 Å². The smallest absolute Gasteiger partial charge is 0.410 e. The van der Waals surface area contributed by atoms with E-state index >= 15 is 0 Å². The molecule has 1 aliphatic heterocycles. The fourth-order valence-corrected chi connectivity index (χ4v) is 2.99. The van der Waals surface area contributed by atoms with Gasteiger partial charge in [0.25, 0.3) is 0 Å². The number of carbonyl (C=O) groups is 3. The lowest BCUT2D eigenvalue weighted by molar-refractivity contribution is -0.146. The molecule has 1 amide bonds. The minimum atomic E-state index is -0.841. The molecule has 0 radical (unpaired) electrons. The van der Waals surface area contributed by atoms with Crippen LogP contribution < -0.4 is 0 Å². The Labute approximate surface area is 141 Å². The Morgan fingerprint density at radius 2 is 2.04 bits per heavy atom. The third-order valence-corrected chi connectivity index (χ3v) is 4.19. The standard InChI is InChI=1S/C18H21NO5/c1-3-7-15-14(11-20)10-19(16(15)17(21)23-2)18(22)24-12-13-8-5-4-6-9-13/h3-6,8-9,11,14-16H,1,7,10,12H2,2H3/t14?,15-,16+/m1/s1. The maximum absolute atomic E-state index is 12.4. The lowest BCUT2D eigenvalue weighted by Gasteiger charge is -2.25. The van der Waals surface area contributed by atoms with Crippen LogP contribution in [0, 0.1) is 11.8 Å². The summed E-state index contributed by atoms with van der Waals surface area (Å²) >= 11 is 0. The molecule has 1 heterocycles. The molecule has 1 aromatic rings. The molecule has 1 saturated heterocycles. The summed E-state index contributed by atoms with van der Waals surface area (Å²) < 4.78 is 10.1. The first-order valence-electron chi connectivity index (χ1n) is 7.73. The van der Waals surface area contributed by atoms with Crippen LogP contribution in [0.15, 0.2) is 43.0 Å². The van der Waals surface area contributed by atoms with Crippen LogP contribution in [0.3, 0.4) is 0 Å². The summed E-state index contributed by atoms with van der Waals surface area (Å²) in [6, 6.07) is 8.39. The predicted octanol–water partition coefficient (Wildman–Crippen LogP) is 2.19. The number of ether oxygens (including phenoxy) is 2. The van der Waals surface area contributed by atoms with Crippen molar-refractivity contribution in [3.8, 4) is 0 Å². The summed E-state index contributed by atoms with van der Waals surface area (Å²) in [4.78, 5) is 37.2. The first-order chi connectivity index (χ1) is 11.6. The molecule has 1 fully saturated rings. The van der Waals surface area contributed by atoms with Gasteiger partial charge in [0.15, 0.2) is 0 Å². The van der Waals surface area contributed by atoms with Crippen LogP contribution in [0.25, 0.3) is 0 Å². The molecule has 0 saturated carbocycles. The largest absolute Gasteiger partial charge is 0.467 e. The molecule has 0 aliphatic carbocycles. The van der Waals surface area contributed by atoms with Crippen molar-refractivity contribution in [3.05, 3.63) is 48.6 Å². The van der Waals surface area contributed by atoms with Crippen molar-refractivity contribution in [1.29, 1.82) is 0 Å². The van der Waals surface area contributed by atoms with Crippen molar-refractivity contribution in [3.63, 3.8) is 0 Å². The molecule has 6 heteroatoms. The maximum Gasteiger partial charge on any atom is 0.410 e. The van der Waals surface area contributed by atoms with Crippen LogP contribution in [-0.4, -0.2) is 42.9 Å². The summed E-state index contributed by atoms with van der Waals surface area (Å²) in [5.74, 6) is -1.35. The van der Waals surface area contributed by atoms with Gasteiger partial charge in [-0.25, -0.2) is 9.59 Å². The van der Waals surface area contributed by atoms with Crippen molar-refractivity contribution in [2.75, 3.05) is 13.7 Å². The lowest BCUT2D eigenvalue weighted by Crippen LogP contribution is -2.44.